The van der Waals surface area contributed by atoms with Gasteiger partial charge >= 0.3 is 5.97 Å². The van der Waals surface area contributed by atoms with Crippen LogP contribution in [0.4, 0.5) is 0 Å². The molecular weight excluding hydrogens is 244 g/mol. The molecule has 0 heterocycles. The normalized spacial score (nSPS) is 6.42. The molecule has 19 heavy (non-hydrogen) atoms. The lowest BCUT2D eigenvalue weighted by atomic mass is 10.4. The lowest BCUT2D eigenvalue weighted by Crippen LogP contribution is -1.88. The Balaban J connectivity index is -0.0000000799. The highest BCUT2D eigenvalue weighted by molar-refractivity contribution is 5.65. The molecule has 0 aliphatic heterocycles. The molecule has 1 aromatic carbocycles. The third-order valence-corrected chi connectivity index (χ3v) is 1.24. The van der Waals surface area contributed by atoms with E-state index in [2.05, 4.69) is 9.47 Å². The van der Waals surface area contributed by atoms with Crippen molar-refractivity contribution >= 4 is 12.8 Å². The molecule has 0 saturated heterocycles. The molecule has 112 valence electrons. The molecule has 0 aromatic heterocycles. The minimum Gasteiger partial charge on any atom is -0.469 e. The van der Waals surface area contributed by atoms with Crippen LogP contribution >= 0.6 is 0 Å². The lowest BCUT2D eigenvalue weighted by molar-refractivity contribution is -0.137. The molecule has 0 fully saturated rings. The fraction of sp³-hybridized carbons (Fsp3) is 0.467. The van der Waals surface area contributed by atoms with Gasteiger partial charge in [-0.3, -0.25) is 4.79 Å². The fourth-order valence-corrected chi connectivity index (χ4v) is 0.385. The monoisotopic (exact) mass is 272 g/mol. The second kappa shape index (κ2) is 36.0. The van der Waals surface area contributed by atoms with Crippen LogP contribution in [0.2, 0.25) is 0 Å². The third kappa shape index (κ3) is 62.5. The molecule has 0 unspecified atom stereocenters. The Kier molecular flexibility index (Phi) is 49.2. The van der Waals surface area contributed by atoms with Crippen LogP contribution in [0.5, 0.6) is 0 Å². The van der Waals surface area contributed by atoms with E-state index in [-0.39, 0.29) is 5.97 Å². The van der Waals surface area contributed by atoms with Gasteiger partial charge in [-0.15, -0.1) is 0 Å². The molecule has 4 heteroatoms. The summed E-state index contributed by atoms with van der Waals surface area (Å²) in [5.41, 5.74) is 0. The quantitative estimate of drug-likeness (QED) is 0.736. The minimum absolute atomic E-state index is 0.245. The predicted octanol–water partition coefficient (Wildman–Crippen LogP) is 3.36. The van der Waals surface area contributed by atoms with Crippen molar-refractivity contribution in [2.24, 2.45) is 0 Å². The van der Waals surface area contributed by atoms with Crippen molar-refractivity contribution in [1.29, 1.82) is 0 Å². The summed E-state index contributed by atoms with van der Waals surface area (Å²) >= 11 is 0. The summed E-state index contributed by atoms with van der Waals surface area (Å²) in [4.78, 5) is 17.6. The predicted molar refractivity (Wildman–Crippen MR) is 80.2 cm³/mol. The van der Waals surface area contributed by atoms with Gasteiger partial charge in [-0.1, -0.05) is 50.2 Å². The Labute approximate surface area is 117 Å². The Morgan fingerprint density at radius 2 is 1.11 bits per heavy atom. The first-order valence-electron chi connectivity index (χ1n) is 6.01. The second-order valence-corrected chi connectivity index (χ2v) is 2.43. The highest BCUT2D eigenvalue weighted by atomic mass is 16.5. The standard InChI is InChI=1S/C6H6.C3H6O2.C3H8O.C2H6.CH2O/c1-2-4-6-5-3-1;1-3(4)5-2;1-3-4-2;2*1-2/h1-6H;1-2H3;3H2,1-2H3;1-2H3;1H2. The highest BCUT2D eigenvalue weighted by Crippen LogP contribution is 1.79. The van der Waals surface area contributed by atoms with Gasteiger partial charge in [0.1, 0.15) is 6.79 Å². The summed E-state index contributed by atoms with van der Waals surface area (Å²) in [5, 5.41) is 0. The zero-order valence-corrected chi connectivity index (χ0v) is 13.0. The molecule has 0 amide bonds. The summed E-state index contributed by atoms with van der Waals surface area (Å²) in [5.74, 6) is -0.245. The average Bonchev–Trinajstić information content (AvgIpc) is 2.53. The zero-order chi connectivity index (χ0) is 15.9. The van der Waals surface area contributed by atoms with Crippen molar-refractivity contribution in [3.05, 3.63) is 36.4 Å². The molecule has 0 aliphatic carbocycles. The SMILES string of the molecule is C=O.CC.CCOC.COC(C)=O.c1ccccc1. The van der Waals surface area contributed by atoms with Gasteiger partial charge in [0.05, 0.1) is 7.11 Å². The number of hydrogen-bond donors (Lipinski definition) is 0. The molecule has 0 saturated carbocycles. The summed E-state index contributed by atoms with van der Waals surface area (Å²) in [6, 6.07) is 12.0. The third-order valence-electron chi connectivity index (χ3n) is 1.24. The molecule has 0 aliphatic rings. The summed E-state index contributed by atoms with van der Waals surface area (Å²) in [7, 11) is 3.03. The molecule has 1 rings (SSSR count). The molecule has 0 radical (unpaired) electrons. The Morgan fingerprint density at radius 1 is 0.947 bits per heavy atom. The van der Waals surface area contributed by atoms with Crippen LogP contribution in [0.25, 0.3) is 0 Å². The van der Waals surface area contributed by atoms with E-state index in [4.69, 9.17) is 4.79 Å². The first-order valence-corrected chi connectivity index (χ1v) is 6.01. The van der Waals surface area contributed by atoms with Crippen molar-refractivity contribution in [2.45, 2.75) is 27.7 Å². The molecule has 0 bridgehead atoms. The van der Waals surface area contributed by atoms with Crippen LogP contribution in [0.3, 0.4) is 0 Å². The first kappa shape index (κ1) is 26.0. The number of benzene rings is 1. The number of carbonyl (C=O) groups excluding carboxylic acids is 2. The van der Waals surface area contributed by atoms with Gasteiger partial charge in [-0.2, -0.15) is 0 Å². The van der Waals surface area contributed by atoms with Gasteiger partial charge < -0.3 is 14.3 Å². The maximum Gasteiger partial charge on any atom is 0.302 e. The summed E-state index contributed by atoms with van der Waals surface area (Å²) < 4.78 is 8.65. The highest BCUT2D eigenvalue weighted by Gasteiger charge is 1.75. The number of hydrogen-bond acceptors (Lipinski definition) is 4. The maximum atomic E-state index is 9.59. The number of ether oxygens (including phenoxy) is 2. The number of carbonyl (C=O) groups is 2. The molecule has 1 aromatic rings. The Morgan fingerprint density at radius 3 is 1.16 bits per heavy atom. The van der Waals surface area contributed by atoms with Crippen molar-refractivity contribution in [1.82, 2.24) is 0 Å². The van der Waals surface area contributed by atoms with Gasteiger partial charge in [-0.05, 0) is 6.92 Å². The first-order chi connectivity index (χ1) is 9.18. The van der Waals surface area contributed by atoms with Gasteiger partial charge in [0.2, 0.25) is 0 Å². The van der Waals surface area contributed by atoms with Crippen molar-refractivity contribution in [3.8, 4) is 0 Å². The van der Waals surface area contributed by atoms with Gasteiger partial charge in [0.25, 0.3) is 0 Å². The summed E-state index contributed by atoms with van der Waals surface area (Å²) in [6.07, 6.45) is 0. The topological polar surface area (TPSA) is 52.6 Å². The van der Waals surface area contributed by atoms with Gasteiger partial charge in [0, 0.05) is 20.6 Å². The van der Waals surface area contributed by atoms with Crippen LogP contribution in [0, 0.1) is 0 Å². The van der Waals surface area contributed by atoms with E-state index in [1.54, 1.807) is 7.11 Å². The van der Waals surface area contributed by atoms with Crippen LogP contribution in [0.15, 0.2) is 36.4 Å². The molecular formula is C15H28O4. The largest absolute Gasteiger partial charge is 0.469 e. The van der Waals surface area contributed by atoms with Crippen LogP contribution in [0.1, 0.15) is 27.7 Å². The van der Waals surface area contributed by atoms with Crippen molar-refractivity contribution in [2.75, 3.05) is 20.8 Å². The van der Waals surface area contributed by atoms with E-state index < -0.39 is 0 Å². The Hall–Kier alpha value is -1.68. The Bertz CT molecular complexity index is 196. The van der Waals surface area contributed by atoms with Crippen molar-refractivity contribution < 1.29 is 19.1 Å². The van der Waals surface area contributed by atoms with E-state index >= 15 is 0 Å². The van der Waals surface area contributed by atoms with E-state index in [9.17, 15) is 4.79 Å². The van der Waals surface area contributed by atoms with E-state index in [0.29, 0.717) is 0 Å². The van der Waals surface area contributed by atoms with Gasteiger partial charge in [0.15, 0.2) is 0 Å². The number of methoxy groups -OCH3 is 2. The molecule has 4 nitrogen and oxygen atoms in total. The minimum atomic E-state index is -0.245. The average molecular weight is 272 g/mol. The lowest BCUT2D eigenvalue weighted by Gasteiger charge is -1.80. The maximum absolute atomic E-state index is 9.59. The molecule has 0 spiro atoms. The number of rotatable bonds is 1. The molecule has 0 N–H and O–H groups in total. The van der Waals surface area contributed by atoms with Crippen molar-refractivity contribution in [3.63, 3.8) is 0 Å². The molecule has 0 atom stereocenters. The van der Waals surface area contributed by atoms with E-state index in [1.807, 2.05) is 64.0 Å². The van der Waals surface area contributed by atoms with Crippen LogP contribution in [-0.2, 0) is 19.1 Å². The van der Waals surface area contributed by atoms with Crippen LogP contribution < -0.4 is 0 Å². The fourth-order valence-electron chi connectivity index (χ4n) is 0.385. The van der Waals surface area contributed by atoms with Gasteiger partial charge in [-0.25, -0.2) is 0 Å². The van der Waals surface area contributed by atoms with E-state index in [1.165, 1.54) is 14.0 Å². The van der Waals surface area contributed by atoms with E-state index in [0.717, 1.165) is 6.61 Å². The smallest absolute Gasteiger partial charge is 0.302 e. The number of esters is 1. The van der Waals surface area contributed by atoms with Crippen LogP contribution in [-0.4, -0.2) is 33.6 Å². The summed E-state index contributed by atoms with van der Waals surface area (Å²) in [6.45, 7) is 10.1. The zero-order valence-electron chi connectivity index (χ0n) is 13.0. The second-order valence-electron chi connectivity index (χ2n) is 2.43.